The van der Waals surface area contributed by atoms with Crippen LogP contribution in [0.25, 0.3) is 0 Å². The van der Waals surface area contributed by atoms with Crippen LogP contribution >= 0.6 is 0 Å². The van der Waals surface area contributed by atoms with Crippen LogP contribution < -0.4 is 16.0 Å². The second-order valence-corrected chi connectivity index (χ2v) is 9.22. The highest BCUT2D eigenvalue weighted by molar-refractivity contribution is 5.95. The summed E-state index contributed by atoms with van der Waals surface area (Å²) in [5.74, 6) is 0.0578. The smallest absolute Gasteiger partial charge is 0.321 e. The third kappa shape index (κ3) is 5.93. The lowest BCUT2D eigenvalue weighted by Crippen LogP contribution is -2.51. The summed E-state index contributed by atoms with van der Waals surface area (Å²) in [6.45, 7) is 2.85. The minimum atomic E-state index is -0.145. The summed E-state index contributed by atoms with van der Waals surface area (Å²) in [7, 11) is 0. The first-order valence-electron chi connectivity index (χ1n) is 12.1. The fourth-order valence-electron chi connectivity index (χ4n) is 4.89. The first-order valence-corrected chi connectivity index (χ1v) is 12.1. The number of carbonyl (C=O) groups is 3. The molecule has 1 aromatic rings. The Morgan fingerprint density at radius 1 is 0.688 bits per heavy atom. The van der Waals surface area contributed by atoms with E-state index in [2.05, 4.69) is 16.0 Å². The number of anilines is 1. The molecule has 0 atom stereocenters. The minimum Gasteiger partial charge on any atom is -0.339 e. The maximum absolute atomic E-state index is 12.6. The molecule has 2 heterocycles. The van der Waals surface area contributed by atoms with E-state index in [4.69, 9.17) is 0 Å². The molecule has 0 bridgehead atoms. The van der Waals surface area contributed by atoms with E-state index in [0.717, 1.165) is 51.6 Å². The van der Waals surface area contributed by atoms with Crippen molar-refractivity contribution >= 4 is 23.7 Å². The van der Waals surface area contributed by atoms with E-state index in [9.17, 15) is 14.4 Å². The molecule has 0 radical (unpaired) electrons. The van der Waals surface area contributed by atoms with Crippen molar-refractivity contribution < 1.29 is 14.4 Å². The molecule has 8 heteroatoms. The number of nitrogens with zero attached hydrogens (tertiary/aromatic N) is 2. The molecule has 32 heavy (non-hydrogen) atoms. The van der Waals surface area contributed by atoms with Crippen LogP contribution in [0.5, 0.6) is 0 Å². The van der Waals surface area contributed by atoms with Crippen molar-refractivity contribution in [2.75, 3.05) is 31.5 Å². The highest BCUT2D eigenvalue weighted by atomic mass is 16.2. The van der Waals surface area contributed by atoms with Gasteiger partial charge < -0.3 is 25.8 Å². The molecule has 1 saturated carbocycles. The Bertz CT molecular complexity index is 792. The van der Waals surface area contributed by atoms with Crippen LogP contribution in [-0.2, 0) is 0 Å². The van der Waals surface area contributed by atoms with Crippen molar-refractivity contribution in [3.63, 3.8) is 0 Å². The Kier molecular flexibility index (Phi) is 7.50. The Morgan fingerprint density at radius 2 is 1.28 bits per heavy atom. The number of hydrogen-bond donors (Lipinski definition) is 3. The summed E-state index contributed by atoms with van der Waals surface area (Å²) in [4.78, 5) is 41.0. The molecule has 0 spiro atoms. The monoisotopic (exact) mass is 441 g/mol. The SMILES string of the molecule is O=C(NC1CCCCC1)NC1CCN(C(=O)Nc2ccc(C(=O)N3CCCC3)cc2)CC1. The van der Waals surface area contributed by atoms with Gasteiger partial charge in [-0.1, -0.05) is 19.3 Å². The Hall–Kier alpha value is -2.77. The molecule has 0 unspecified atom stereocenters. The van der Waals surface area contributed by atoms with Gasteiger partial charge in [0.1, 0.15) is 0 Å². The first kappa shape index (κ1) is 22.4. The van der Waals surface area contributed by atoms with E-state index < -0.39 is 0 Å². The zero-order valence-corrected chi connectivity index (χ0v) is 18.8. The quantitative estimate of drug-likeness (QED) is 0.667. The number of hydrogen-bond acceptors (Lipinski definition) is 3. The molecule has 3 N–H and O–H groups in total. The first-order chi connectivity index (χ1) is 15.6. The van der Waals surface area contributed by atoms with E-state index in [0.29, 0.717) is 30.4 Å². The van der Waals surface area contributed by atoms with Crippen molar-refractivity contribution in [2.24, 2.45) is 0 Å². The molecule has 1 aliphatic carbocycles. The second kappa shape index (κ2) is 10.7. The van der Waals surface area contributed by atoms with Crippen molar-refractivity contribution in [3.8, 4) is 0 Å². The fraction of sp³-hybridized carbons (Fsp3) is 0.625. The van der Waals surface area contributed by atoms with Gasteiger partial charge in [-0.2, -0.15) is 0 Å². The Balaban J connectivity index is 1.19. The largest absolute Gasteiger partial charge is 0.339 e. The lowest BCUT2D eigenvalue weighted by atomic mass is 9.96. The summed E-state index contributed by atoms with van der Waals surface area (Å²) in [5.41, 5.74) is 1.34. The van der Waals surface area contributed by atoms with Crippen molar-refractivity contribution in [3.05, 3.63) is 29.8 Å². The molecule has 3 aliphatic rings. The van der Waals surface area contributed by atoms with Crippen LogP contribution in [0.15, 0.2) is 24.3 Å². The maximum Gasteiger partial charge on any atom is 0.321 e. The maximum atomic E-state index is 12.6. The number of likely N-dealkylation sites (tertiary alicyclic amines) is 2. The van der Waals surface area contributed by atoms with Crippen molar-refractivity contribution in [1.82, 2.24) is 20.4 Å². The Morgan fingerprint density at radius 3 is 1.91 bits per heavy atom. The molecule has 4 rings (SSSR count). The highest BCUT2D eigenvalue weighted by Crippen LogP contribution is 2.19. The summed E-state index contributed by atoms with van der Waals surface area (Å²) in [6.07, 6.45) is 9.41. The second-order valence-electron chi connectivity index (χ2n) is 9.22. The molecule has 0 aromatic heterocycles. The van der Waals surface area contributed by atoms with Crippen LogP contribution in [0.3, 0.4) is 0 Å². The van der Waals surface area contributed by atoms with Gasteiger partial charge >= 0.3 is 12.1 Å². The zero-order chi connectivity index (χ0) is 22.3. The normalized spacial score (nSPS) is 20.1. The van der Waals surface area contributed by atoms with Crippen molar-refractivity contribution in [2.45, 2.75) is 69.9 Å². The van der Waals surface area contributed by atoms with E-state index in [1.54, 1.807) is 29.2 Å². The van der Waals surface area contributed by atoms with Crippen LogP contribution in [-0.4, -0.2) is 66.0 Å². The Labute approximate surface area is 190 Å². The number of carbonyl (C=O) groups excluding carboxylic acids is 3. The number of rotatable bonds is 4. The van der Waals surface area contributed by atoms with E-state index in [1.807, 2.05) is 4.90 Å². The predicted molar refractivity (Wildman–Crippen MR) is 124 cm³/mol. The van der Waals surface area contributed by atoms with Gasteiger partial charge in [0.25, 0.3) is 5.91 Å². The number of amides is 5. The van der Waals surface area contributed by atoms with Crippen LogP contribution in [0, 0.1) is 0 Å². The molecule has 8 nitrogen and oxygen atoms in total. The van der Waals surface area contributed by atoms with Gasteiger partial charge in [0.2, 0.25) is 0 Å². The van der Waals surface area contributed by atoms with Crippen LogP contribution in [0.2, 0.25) is 0 Å². The fourth-order valence-corrected chi connectivity index (χ4v) is 4.89. The standard InChI is InChI=1S/C24H35N5O3/c30-22(28-14-4-5-15-28)18-8-10-20(11-9-18)27-24(32)29-16-12-21(13-17-29)26-23(31)25-19-6-2-1-3-7-19/h8-11,19,21H,1-7,12-17H2,(H,27,32)(H2,25,26,31). The van der Waals surface area contributed by atoms with Crippen LogP contribution in [0.1, 0.15) is 68.1 Å². The summed E-state index contributed by atoms with van der Waals surface area (Å²) in [6, 6.07) is 7.28. The molecule has 5 amide bonds. The topological polar surface area (TPSA) is 93.8 Å². The average Bonchev–Trinajstić information content (AvgIpc) is 3.35. The minimum absolute atomic E-state index is 0.0578. The summed E-state index contributed by atoms with van der Waals surface area (Å²) >= 11 is 0. The highest BCUT2D eigenvalue weighted by Gasteiger charge is 2.25. The number of nitrogens with one attached hydrogen (secondary N) is 3. The lowest BCUT2D eigenvalue weighted by Gasteiger charge is -2.33. The average molecular weight is 442 g/mol. The lowest BCUT2D eigenvalue weighted by molar-refractivity contribution is 0.0793. The molecular formula is C24H35N5O3. The van der Waals surface area contributed by atoms with Gasteiger partial charge in [0.15, 0.2) is 0 Å². The van der Waals surface area contributed by atoms with Crippen molar-refractivity contribution in [1.29, 1.82) is 0 Å². The third-order valence-corrected chi connectivity index (χ3v) is 6.83. The third-order valence-electron chi connectivity index (χ3n) is 6.83. The van der Waals surface area contributed by atoms with E-state index >= 15 is 0 Å². The number of piperidine rings is 1. The summed E-state index contributed by atoms with van der Waals surface area (Å²) < 4.78 is 0. The molecule has 3 fully saturated rings. The molecule has 1 aromatic carbocycles. The van der Waals surface area contributed by atoms with Gasteiger partial charge in [-0.05, 0) is 62.8 Å². The molecule has 2 saturated heterocycles. The summed E-state index contributed by atoms with van der Waals surface area (Å²) in [5, 5.41) is 9.08. The molecular weight excluding hydrogens is 406 g/mol. The number of urea groups is 2. The van der Waals surface area contributed by atoms with E-state index in [-0.39, 0.29) is 24.0 Å². The van der Waals surface area contributed by atoms with Crippen LogP contribution in [0.4, 0.5) is 15.3 Å². The predicted octanol–water partition coefficient (Wildman–Crippen LogP) is 3.55. The zero-order valence-electron chi connectivity index (χ0n) is 18.8. The van der Waals surface area contributed by atoms with Gasteiger partial charge in [-0.3, -0.25) is 4.79 Å². The van der Waals surface area contributed by atoms with Gasteiger partial charge in [0, 0.05) is 49.5 Å². The van der Waals surface area contributed by atoms with Gasteiger partial charge in [-0.25, -0.2) is 9.59 Å². The van der Waals surface area contributed by atoms with Gasteiger partial charge in [-0.15, -0.1) is 0 Å². The number of benzene rings is 1. The molecule has 174 valence electrons. The van der Waals surface area contributed by atoms with Gasteiger partial charge in [0.05, 0.1) is 0 Å². The van der Waals surface area contributed by atoms with E-state index in [1.165, 1.54) is 19.3 Å². The molecule has 2 aliphatic heterocycles.